The molecule has 158 valence electrons. The van der Waals surface area contributed by atoms with Crippen molar-refractivity contribution in [3.63, 3.8) is 0 Å². The van der Waals surface area contributed by atoms with Crippen LogP contribution in [0.4, 0.5) is 0 Å². The van der Waals surface area contributed by atoms with Crippen LogP contribution in [0.5, 0.6) is 5.75 Å². The average molecular weight is 410 g/mol. The van der Waals surface area contributed by atoms with Crippen molar-refractivity contribution in [1.29, 1.82) is 0 Å². The van der Waals surface area contributed by atoms with Gasteiger partial charge in [-0.15, -0.1) is 0 Å². The van der Waals surface area contributed by atoms with Crippen LogP contribution in [0.15, 0.2) is 42.5 Å². The lowest BCUT2D eigenvalue weighted by Crippen LogP contribution is -3.14. The van der Waals surface area contributed by atoms with E-state index in [1.54, 1.807) is 0 Å². The van der Waals surface area contributed by atoms with E-state index < -0.39 is 0 Å². The molecule has 2 aromatic carbocycles. The van der Waals surface area contributed by atoms with Crippen molar-refractivity contribution in [1.82, 2.24) is 14.9 Å². The molecule has 7 heteroatoms. The summed E-state index contributed by atoms with van der Waals surface area (Å²) >= 11 is 0. The molecular weight excluding hydrogens is 380 g/mol. The number of imidazole rings is 1. The van der Waals surface area contributed by atoms with Crippen LogP contribution in [0, 0.1) is 6.92 Å². The van der Waals surface area contributed by atoms with Crippen molar-refractivity contribution in [2.24, 2.45) is 0 Å². The molecule has 1 aliphatic heterocycles. The third-order valence-corrected chi connectivity index (χ3v) is 5.45. The van der Waals surface area contributed by atoms with E-state index >= 15 is 0 Å². The number of hydrogen-bond acceptors (Lipinski definition) is 4. The van der Waals surface area contributed by atoms with E-state index in [0.717, 1.165) is 61.1 Å². The van der Waals surface area contributed by atoms with Crippen molar-refractivity contribution >= 4 is 16.9 Å². The predicted octanol–water partition coefficient (Wildman–Crippen LogP) is 1.38. The molecule has 2 N–H and O–H groups in total. The number of quaternary nitrogens is 1. The number of aromatic nitrogens is 2. The number of nitrogens with zero attached hydrogens (tertiary/aromatic N) is 2. The quantitative estimate of drug-likeness (QED) is 0.619. The number of fused-ring (bicyclic) bond motifs is 1. The average Bonchev–Trinajstić information content (AvgIpc) is 3.10. The molecule has 1 saturated heterocycles. The highest BCUT2D eigenvalue weighted by molar-refractivity contribution is 5.97. The van der Waals surface area contributed by atoms with E-state index in [0.29, 0.717) is 18.7 Å². The van der Waals surface area contributed by atoms with Gasteiger partial charge in [-0.25, -0.2) is 4.98 Å². The minimum Gasteiger partial charge on any atom is -0.494 e. The number of rotatable bonds is 7. The van der Waals surface area contributed by atoms with Gasteiger partial charge in [0, 0.05) is 11.3 Å². The molecule has 0 aliphatic carbocycles. The summed E-state index contributed by atoms with van der Waals surface area (Å²) in [5.41, 5.74) is 3.44. The number of nitrogens with one attached hydrogen (secondary N) is 2. The number of carbonyl (C=O) groups excluding carboxylic acids is 1. The minimum atomic E-state index is -0.0576. The highest BCUT2D eigenvalue weighted by atomic mass is 16.5. The van der Waals surface area contributed by atoms with Crippen molar-refractivity contribution in [2.45, 2.75) is 13.8 Å². The number of aryl methyl sites for hydroxylation is 1. The first-order valence-electron chi connectivity index (χ1n) is 10.6. The second kappa shape index (κ2) is 9.28. The van der Waals surface area contributed by atoms with Crippen LogP contribution in [-0.4, -0.2) is 61.5 Å². The molecule has 1 fully saturated rings. The Hall–Kier alpha value is -2.90. The van der Waals surface area contributed by atoms with Gasteiger partial charge in [0.2, 0.25) is 0 Å². The molecule has 0 atom stereocenters. The molecule has 0 bridgehead atoms. The summed E-state index contributed by atoms with van der Waals surface area (Å²) < 4.78 is 13.0. The first-order valence-corrected chi connectivity index (χ1v) is 10.6. The molecule has 1 aliphatic rings. The molecular formula is C23H29N4O3+. The second-order valence-corrected chi connectivity index (χ2v) is 7.49. The Labute approximate surface area is 176 Å². The minimum absolute atomic E-state index is 0.0576. The number of morpholine rings is 1. The summed E-state index contributed by atoms with van der Waals surface area (Å²) in [5, 5.41) is 3.03. The van der Waals surface area contributed by atoms with Gasteiger partial charge < -0.3 is 19.7 Å². The molecule has 0 saturated carbocycles. The van der Waals surface area contributed by atoms with Crippen LogP contribution in [0.25, 0.3) is 16.7 Å². The summed E-state index contributed by atoms with van der Waals surface area (Å²) in [7, 11) is 0. The zero-order valence-corrected chi connectivity index (χ0v) is 17.6. The monoisotopic (exact) mass is 409 g/mol. The summed E-state index contributed by atoms with van der Waals surface area (Å²) in [4.78, 5) is 18.7. The molecule has 4 rings (SSSR count). The van der Waals surface area contributed by atoms with Gasteiger partial charge in [-0.1, -0.05) is 0 Å². The number of carbonyl (C=O) groups is 1. The SMILES string of the molecule is CCOc1ccc(-n2c(C)nc3cc(C(=O)NCC[NH+]4CCOCC4)ccc32)cc1. The van der Waals surface area contributed by atoms with Gasteiger partial charge >= 0.3 is 0 Å². The highest BCUT2D eigenvalue weighted by Gasteiger charge is 2.15. The third kappa shape index (κ3) is 4.47. The van der Waals surface area contributed by atoms with E-state index in [-0.39, 0.29) is 5.91 Å². The lowest BCUT2D eigenvalue weighted by molar-refractivity contribution is -0.906. The molecule has 1 aromatic heterocycles. The zero-order valence-electron chi connectivity index (χ0n) is 17.6. The smallest absolute Gasteiger partial charge is 0.251 e. The molecule has 3 aromatic rings. The fourth-order valence-corrected chi connectivity index (χ4v) is 3.89. The Balaban J connectivity index is 1.47. The first kappa shape index (κ1) is 20.4. The summed E-state index contributed by atoms with van der Waals surface area (Å²) in [6.07, 6.45) is 0. The maximum absolute atomic E-state index is 12.6. The van der Waals surface area contributed by atoms with Crippen LogP contribution in [0.2, 0.25) is 0 Å². The van der Waals surface area contributed by atoms with Gasteiger partial charge in [-0.2, -0.15) is 0 Å². The van der Waals surface area contributed by atoms with E-state index in [2.05, 4.69) is 14.9 Å². The molecule has 30 heavy (non-hydrogen) atoms. The lowest BCUT2D eigenvalue weighted by Gasteiger charge is -2.23. The lowest BCUT2D eigenvalue weighted by atomic mass is 10.2. The maximum atomic E-state index is 12.6. The van der Waals surface area contributed by atoms with E-state index in [1.165, 1.54) is 4.90 Å². The second-order valence-electron chi connectivity index (χ2n) is 7.49. The number of ether oxygens (including phenoxy) is 2. The van der Waals surface area contributed by atoms with Crippen molar-refractivity contribution in [3.8, 4) is 11.4 Å². The van der Waals surface area contributed by atoms with Crippen LogP contribution in [-0.2, 0) is 4.74 Å². The van der Waals surface area contributed by atoms with Gasteiger partial charge in [0.1, 0.15) is 24.7 Å². The van der Waals surface area contributed by atoms with Crippen LogP contribution < -0.4 is 15.0 Å². The highest BCUT2D eigenvalue weighted by Crippen LogP contribution is 2.24. The predicted molar refractivity (Wildman–Crippen MR) is 116 cm³/mol. The first-order chi connectivity index (χ1) is 14.7. The van der Waals surface area contributed by atoms with Gasteiger partial charge in [-0.05, 0) is 56.3 Å². The summed E-state index contributed by atoms with van der Waals surface area (Å²) in [6, 6.07) is 13.7. The standard InChI is InChI=1S/C23H28N4O3/c1-3-30-20-7-5-19(6-8-20)27-17(2)25-21-16-18(4-9-22(21)27)23(28)24-10-11-26-12-14-29-15-13-26/h4-9,16H,3,10-15H2,1-2H3,(H,24,28)/p+1. The number of amides is 1. The van der Waals surface area contributed by atoms with Crippen LogP contribution in [0.1, 0.15) is 23.1 Å². The van der Waals surface area contributed by atoms with Gasteiger partial charge in [0.25, 0.3) is 5.91 Å². The molecule has 0 radical (unpaired) electrons. The largest absolute Gasteiger partial charge is 0.494 e. The fourth-order valence-electron chi connectivity index (χ4n) is 3.89. The van der Waals surface area contributed by atoms with Crippen molar-refractivity contribution in [3.05, 3.63) is 53.9 Å². The maximum Gasteiger partial charge on any atom is 0.251 e. The Morgan fingerprint density at radius 3 is 2.70 bits per heavy atom. The van der Waals surface area contributed by atoms with Crippen LogP contribution in [0.3, 0.4) is 0 Å². The number of hydrogen-bond donors (Lipinski definition) is 2. The van der Waals surface area contributed by atoms with Gasteiger partial charge in [0.15, 0.2) is 0 Å². The van der Waals surface area contributed by atoms with Crippen LogP contribution >= 0.6 is 0 Å². The molecule has 1 amide bonds. The normalized spacial score (nSPS) is 14.7. The molecule has 7 nitrogen and oxygen atoms in total. The number of benzene rings is 2. The van der Waals surface area contributed by atoms with E-state index in [4.69, 9.17) is 9.47 Å². The Bertz CT molecular complexity index is 1010. The molecule has 0 spiro atoms. The molecule has 0 unspecified atom stereocenters. The van der Waals surface area contributed by atoms with E-state index in [1.807, 2.05) is 56.3 Å². The summed E-state index contributed by atoms with van der Waals surface area (Å²) in [5.74, 6) is 1.67. The van der Waals surface area contributed by atoms with Crippen molar-refractivity contribution in [2.75, 3.05) is 46.0 Å². The van der Waals surface area contributed by atoms with Gasteiger partial charge in [0.05, 0.1) is 43.9 Å². The Kier molecular flexibility index (Phi) is 6.30. The van der Waals surface area contributed by atoms with E-state index in [9.17, 15) is 4.79 Å². The Morgan fingerprint density at radius 2 is 1.97 bits per heavy atom. The topological polar surface area (TPSA) is 69.8 Å². The van der Waals surface area contributed by atoms with Gasteiger partial charge in [-0.3, -0.25) is 9.36 Å². The third-order valence-electron chi connectivity index (χ3n) is 5.45. The zero-order chi connectivity index (χ0) is 20.9. The summed E-state index contributed by atoms with van der Waals surface area (Å²) in [6.45, 7) is 9.78. The Morgan fingerprint density at radius 1 is 1.20 bits per heavy atom. The van der Waals surface area contributed by atoms with Crippen molar-refractivity contribution < 1.29 is 19.2 Å². The fraction of sp³-hybridized carbons (Fsp3) is 0.391. The molecule has 2 heterocycles.